The monoisotopic (exact) mass is 320 g/mol. The van der Waals surface area contributed by atoms with Crippen LogP contribution in [0.5, 0.6) is 5.75 Å². The first-order valence-corrected chi connectivity index (χ1v) is 7.35. The van der Waals surface area contributed by atoms with Crippen LogP contribution in [0.15, 0.2) is 24.3 Å². The summed E-state index contributed by atoms with van der Waals surface area (Å²) in [4.78, 5) is 37.7. The molecule has 0 amide bonds. The van der Waals surface area contributed by atoms with Crippen LogP contribution in [0.1, 0.15) is 30.7 Å². The smallest absolute Gasteiger partial charge is 0.324 e. The van der Waals surface area contributed by atoms with Gasteiger partial charge in [0.2, 0.25) is 0 Å². The molecule has 1 aromatic rings. The second kappa shape index (κ2) is 6.81. The number of hydrogen-bond donors (Lipinski definition) is 0. The van der Waals surface area contributed by atoms with Crippen molar-refractivity contribution >= 4 is 17.7 Å². The van der Waals surface area contributed by atoms with E-state index >= 15 is 0 Å². The highest BCUT2D eigenvalue weighted by atomic mass is 16.5. The van der Waals surface area contributed by atoms with Gasteiger partial charge in [-0.2, -0.15) is 0 Å². The van der Waals surface area contributed by atoms with Crippen molar-refractivity contribution in [1.29, 1.82) is 0 Å². The summed E-state index contributed by atoms with van der Waals surface area (Å²) in [5, 5.41) is 0. The zero-order chi connectivity index (χ0) is 17.0. The second-order valence-corrected chi connectivity index (χ2v) is 5.45. The van der Waals surface area contributed by atoms with Gasteiger partial charge in [-0.3, -0.25) is 14.4 Å². The largest absolute Gasteiger partial charge is 0.496 e. The Bertz CT molecular complexity index is 605. The third-order valence-electron chi connectivity index (χ3n) is 4.36. The number of benzene rings is 1. The van der Waals surface area contributed by atoms with Crippen molar-refractivity contribution in [3.05, 3.63) is 29.8 Å². The summed E-state index contributed by atoms with van der Waals surface area (Å²) < 4.78 is 15.0. The first-order chi connectivity index (χ1) is 11.0. The van der Waals surface area contributed by atoms with Crippen molar-refractivity contribution in [3.8, 4) is 5.75 Å². The lowest BCUT2D eigenvalue weighted by Gasteiger charge is -2.38. The summed E-state index contributed by atoms with van der Waals surface area (Å²) in [6, 6.07) is 6.87. The molecule has 124 valence electrons. The third kappa shape index (κ3) is 2.69. The van der Waals surface area contributed by atoms with Gasteiger partial charge in [-0.25, -0.2) is 0 Å². The fourth-order valence-electron chi connectivity index (χ4n) is 3.34. The lowest BCUT2D eigenvalue weighted by atomic mass is 9.62. The first kappa shape index (κ1) is 17.0. The van der Waals surface area contributed by atoms with Crippen molar-refractivity contribution in [2.24, 2.45) is 5.41 Å². The van der Waals surface area contributed by atoms with Crippen molar-refractivity contribution < 1.29 is 28.6 Å². The molecule has 1 aromatic carbocycles. The molecule has 0 N–H and O–H groups in total. The highest BCUT2D eigenvalue weighted by Gasteiger charge is 2.59. The Labute approximate surface area is 134 Å². The average molecular weight is 320 g/mol. The number of Topliss-reactive ketones (excluding diaryl/α,β-unsaturated/α-hetero) is 1. The van der Waals surface area contributed by atoms with Gasteiger partial charge in [-0.05, 0) is 18.9 Å². The second-order valence-electron chi connectivity index (χ2n) is 5.45. The Morgan fingerprint density at radius 1 is 1.09 bits per heavy atom. The molecule has 1 fully saturated rings. The summed E-state index contributed by atoms with van der Waals surface area (Å²) in [5.74, 6) is -2.24. The van der Waals surface area contributed by atoms with Crippen LogP contribution < -0.4 is 4.74 Å². The highest BCUT2D eigenvalue weighted by molar-refractivity contribution is 6.08. The molecule has 1 saturated carbocycles. The molecule has 1 aliphatic rings. The maximum absolute atomic E-state index is 12.6. The van der Waals surface area contributed by atoms with Crippen LogP contribution >= 0.6 is 0 Å². The Morgan fingerprint density at radius 3 is 2.26 bits per heavy atom. The number of carbonyl (C=O) groups excluding carboxylic acids is 3. The van der Waals surface area contributed by atoms with E-state index in [9.17, 15) is 14.4 Å². The van der Waals surface area contributed by atoms with Crippen LogP contribution in [0.25, 0.3) is 0 Å². The van der Waals surface area contributed by atoms with Crippen LogP contribution in [0, 0.1) is 5.41 Å². The predicted octanol–water partition coefficient (Wildman–Crippen LogP) is 1.86. The zero-order valence-electron chi connectivity index (χ0n) is 13.5. The number of ketones is 1. The zero-order valence-corrected chi connectivity index (χ0v) is 13.5. The minimum absolute atomic E-state index is 0.195. The molecule has 23 heavy (non-hydrogen) atoms. The van der Waals surface area contributed by atoms with E-state index in [-0.39, 0.29) is 12.2 Å². The van der Waals surface area contributed by atoms with Crippen LogP contribution in [0.4, 0.5) is 0 Å². The fourth-order valence-corrected chi connectivity index (χ4v) is 3.34. The van der Waals surface area contributed by atoms with E-state index < -0.39 is 23.3 Å². The molecule has 6 nitrogen and oxygen atoms in total. The number of hydrogen-bond acceptors (Lipinski definition) is 6. The van der Waals surface area contributed by atoms with Gasteiger partial charge in [-0.15, -0.1) is 0 Å². The summed E-state index contributed by atoms with van der Waals surface area (Å²) in [5.41, 5.74) is -1.18. The van der Waals surface area contributed by atoms with Gasteiger partial charge in [0.15, 0.2) is 5.41 Å². The minimum Gasteiger partial charge on any atom is -0.496 e. The van der Waals surface area contributed by atoms with E-state index in [1.54, 1.807) is 24.3 Å². The van der Waals surface area contributed by atoms with E-state index in [4.69, 9.17) is 14.2 Å². The topological polar surface area (TPSA) is 78.9 Å². The molecule has 0 radical (unpaired) electrons. The van der Waals surface area contributed by atoms with Crippen LogP contribution in [-0.4, -0.2) is 39.1 Å². The van der Waals surface area contributed by atoms with Gasteiger partial charge in [0.25, 0.3) is 0 Å². The maximum Gasteiger partial charge on any atom is 0.324 e. The molecule has 6 heteroatoms. The molecular formula is C17H20O6. The Kier molecular flexibility index (Phi) is 5.03. The fraction of sp³-hybridized carbons (Fsp3) is 0.471. The summed E-state index contributed by atoms with van der Waals surface area (Å²) in [6.45, 7) is 0. The van der Waals surface area contributed by atoms with Gasteiger partial charge in [0.05, 0.1) is 27.2 Å². The molecule has 2 rings (SSSR count). The van der Waals surface area contributed by atoms with Crippen molar-refractivity contribution in [2.75, 3.05) is 21.3 Å². The number of methoxy groups -OCH3 is 3. The van der Waals surface area contributed by atoms with Crippen molar-refractivity contribution in [2.45, 2.75) is 25.2 Å². The number of ether oxygens (including phenoxy) is 3. The number of carbonyl (C=O) groups is 3. The molecule has 0 saturated heterocycles. The van der Waals surface area contributed by atoms with Crippen molar-refractivity contribution in [3.63, 3.8) is 0 Å². The Balaban J connectivity index is 2.69. The molecule has 0 aliphatic heterocycles. The van der Waals surface area contributed by atoms with Crippen molar-refractivity contribution in [1.82, 2.24) is 0 Å². The van der Waals surface area contributed by atoms with Gasteiger partial charge in [0, 0.05) is 12.0 Å². The SMILES string of the molecule is COC(=O)C1(C(=O)OC)CCCC(=O)C1c1ccccc1OC. The molecule has 0 bridgehead atoms. The average Bonchev–Trinajstić information content (AvgIpc) is 2.59. The number of rotatable bonds is 4. The maximum atomic E-state index is 12.6. The molecule has 0 aromatic heterocycles. The predicted molar refractivity (Wildman–Crippen MR) is 81.1 cm³/mol. The quantitative estimate of drug-likeness (QED) is 0.622. The van der Waals surface area contributed by atoms with Crippen LogP contribution in [0.2, 0.25) is 0 Å². The normalized spacial score (nSPS) is 19.8. The number of para-hydroxylation sites is 1. The Hall–Kier alpha value is -2.37. The number of esters is 2. The molecule has 1 atom stereocenters. The summed E-state index contributed by atoms with van der Waals surface area (Å²) >= 11 is 0. The lowest BCUT2D eigenvalue weighted by Crippen LogP contribution is -2.51. The van der Waals surface area contributed by atoms with E-state index in [0.29, 0.717) is 24.2 Å². The standard InChI is InChI=1S/C17H20O6/c1-21-13-9-5-4-7-11(13)14-12(18)8-6-10-17(14,15(19)22-2)16(20)23-3/h4-5,7,9,14H,6,8,10H2,1-3H3. The van der Waals surface area contributed by atoms with E-state index in [1.165, 1.54) is 21.3 Å². The van der Waals surface area contributed by atoms with Gasteiger partial charge < -0.3 is 14.2 Å². The van der Waals surface area contributed by atoms with E-state index in [0.717, 1.165) is 0 Å². The van der Waals surface area contributed by atoms with Gasteiger partial charge in [-0.1, -0.05) is 18.2 Å². The molecular weight excluding hydrogens is 300 g/mol. The lowest BCUT2D eigenvalue weighted by molar-refractivity contribution is -0.175. The van der Waals surface area contributed by atoms with E-state index in [2.05, 4.69) is 0 Å². The first-order valence-electron chi connectivity index (χ1n) is 7.35. The molecule has 1 unspecified atom stereocenters. The summed E-state index contributed by atoms with van der Waals surface area (Å²) in [6.07, 6.45) is 0.911. The van der Waals surface area contributed by atoms with Gasteiger partial charge >= 0.3 is 11.9 Å². The summed E-state index contributed by atoms with van der Waals surface area (Å²) in [7, 11) is 3.88. The molecule has 0 heterocycles. The Morgan fingerprint density at radius 2 is 1.70 bits per heavy atom. The molecule has 0 spiro atoms. The van der Waals surface area contributed by atoms with Crippen LogP contribution in [-0.2, 0) is 23.9 Å². The van der Waals surface area contributed by atoms with E-state index in [1.807, 2.05) is 0 Å². The highest BCUT2D eigenvalue weighted by Crippen LogP contribution is 2.49. The molecule has 1 aliphatic carbocycles. The third-order valence-corrected chi connectivity index (χ3v) is 4.36. The minimum atomic E-state index is -1.67. The van der Waals surface area contributed by atoms with Gasteiger partial charge in [0.1, 0.15) is 11.5 Å². The van der Waals surface area contributed by atoms with Crippen LogP contribution in [0.3, 0.4) is 0 Å².